The summed E-state index contributed by atoms with van der Waals surface area (Å²) in [5.41, 5.74) is 9.77. The molecule has 0 amide bonds. The summed E-state index contributed by atoms with van der Waals surface area (Å²) in [5.74, 6) is 0.566. The van der Waals surface area contributed by atoms with Gasteiger partial charge in [0.15, 0.2) is 0 Å². The van der Waals surface area contributed by atoms with Gasteiger partial charge in [0, 0.05) is 0 Å². The molecule has 0 radical (unpaired) electrons. The zero-order valence-electron chi connectivity index (χ0n) is 20.1. The highest BCUT2D eigenvalue weighted by Gasteiger charge is 2.30. The van der Waals surface area contributed by atoms with Gasteiger partial charge in [-0.25, -0.2) is 0 Å². The van der Waals surface area contributed by atoms with Crippen LogP contribution in [-0.4, -0.2) is 0 Å². The van der Waals surface area contributed by atoms with Crippen LogP contribution in [0.5, 0.6) is 0 Å². The van der Waals surface area contributed by atoms with E-state index in [1.54, 1.807) is 23.3 Å². The molecule has 178 valence electrons. The highest BCUT2D eigenvalue weighted by atomic mass is 19.4. The molecule has 0 aromatic heterocycles. The second-order valence-electron chi connectivity index (χ2n) is 9.66. The van der Waals surface area contributed by atoms with E-state index in [1.165, 1.54) is 41.5 Å². The van der Waals surface area contributed by atoms with Gasteiger partial charge in [-0.05, 0) is 109 Å². The Bertz CT molecular complexity index is 1140. The first kappa shape index (κ1) is 24.3. The fourth-order valence-electron chi connectivity index (χ4n) is 5.31. The minimum absolute atomic E-state index is 0.566. The Kier molecular flexibility index (Phi) is 7.30. The van der Waals surface area contributed by atoms with E-state index in [9.17, 15) is 13.2 Å². The molecule has 0 aliphatic heterocycles. The molecule has 0 saturated carbocycles. The predicted molar refractivity (Wildman–Crippen MR) is 135 cm³/mol. The Hall–Kier alpha value is -2.81. The van der Waals surface area contributed by atoms with E-state index in [-0.39, 0.29) is 0 Å². The van der Waals surface area contributed by atoms with Crippen molar-refractivity contribution in [1.82, 2.24) is 0 Å². The van der Waals surface area contributed by atoms with Crippen molar-refractivity contribution in [2.45, 2.75) is 70.9 Å². The number of benzene rings is 3. The summed E-state index contributed by atoms with van der Waals surface area (Å²) in [7, 11) is 0. The van der Waals surface area contributed by atoms with Crippen molar-refractivity contribution in [2.75, 3.05) is 0 Å². The number of fused-ring (bicyclic) bond motifs is 1. The molecule has 4 rings (SSSR count). The van der Waals surface area contributed by atoms with Crippen molar-refractivity contribution in [3.8, 4) is 11.1 Å². The van der Waals surface area contributed by atoms with Gasteiger partial charge in [-0.2, -0.15) is 13.2 Å². The Morgan fingerprint density at radius 1 is 0.853 bits per heavy atom. The van der Waals surface area contributed by atoms with Crippen LogP contribution in [0.25, 0.3) is 11.1 Å². The van der Waals surface area contributed by atoms with Crippen molar-refractivity contribution in [2.24, 2.45) is 0 Å². The second kappa shape index (κ2) is 10.2. The lowest BCUT2D eigenvalue weighted by molar-refractivity contribution is -0.137. The van der Waals surface area contributed by atoms with Gasteiger partial charge in [0.1, 0.15) is 0 Å². The summed E-state index contributed by atoms with van der Waals surface area (Å²) in [5, 5.41) is 0. The fourth-order valence-corrected chi connectivity index (χ4v) is 5.31. The molecule has 0 saturated heterocycles. The quantitative estimate of drug-likeness (QED) is 0.293. The van der Waals surface area contributed by atoms with Crippen molar-refractivity contribution < 1.29 is 13.2 Å². The monoisotopic (exact) mass is 462 g/mol. The Morgan fingerprint density at radius 2 is 1.47 bits per heavy atom. The Balaban J connectivity index is 1.46. The molecule has 0 spiro atoms. The van der Waals surface area contributed by atoms with Gasteiger partial charge in [0.05, 0.1) is 5.56 Å². The summed E-state index contributed by atoms with van der Waals surface area (Å²) in [4.78, 5) is 0. The molecule has 1 atom stereocenters. The smallest absolute Gasteiger partial charge is 0.166 e. The molecule has 0 fully saturated rings. The summed E-state index contributed by atoms with van der Waals surface area (Å²) >= 11 is 0. The molecule has 34 heavy (non-hydrogen) atoms. The fraction of sp³-hybridized carbons (Fsp3) is 0.355. The summed E-state index contributed by atoms with van der Waals surface area (Å²) in [6, 6.07) is 18.3. The molecular weight excluding hydrogens is 429 g/mol. The summed E-state index contributed by atoms with van der Waals surface area (Å²) in [6.07, 6.45) is 3.48. The number of aryl methyl sites for hydroxylation is 2. The van der Waals surface area contributed by atoms with Crippen molar-refractivity contribution >= 4 is 0 Å². The normalized spacial score (nSPS) is 14.1. The third-order valence-corrected chi connectivity index (χ3v) is 7.13. The molecule has 0 nitrogen and oxygen atoms in total. The summed E-state index contributed by atoms with van der Waals surface area (Å²) < 4.78 is 38.4. The van der Waals surface area contributed by atoms with Crippen LogP contribution >= 0.6 is 0 Å². The molecule has 3 heteroatoms. The average molecular weight is 463 g/mol. The van der Waals surface area contributed by atoms with Gasteiger partial charge in [-0.3, -0.25) is 0 Å². The standard InChI is InChI=1S/C31H33F3/c1-4-23(20-21(2)3)29-19-16-26(28-6-5-7-30(28)29)13-10-22-8-11-24(12-9-22)25-14-17-27(18-15-25)31(32,33)34/h8-9,11-12,14-19,23H,2,4-7,10,13,20H2,1,3H3. The van der Waals surface area contributed by atoms with E-state index in [0.29, 0.717) is 5.92 Å². The molecule has 0 bridgehead atoms. The van der Waals surface area contributed by atoms with E-state index in [0.717, 1.165) is 48.9 Å². The highest BCUT2D eigenvalue weighted by Crippen LogP contribution is 2.37. The number of halogens is 3. The van der Waals surface area contributed by atoms with Gasteiger partial charge < -0.3 is 0 Å². The van der Waals surface area contributed by atoms with Gasteiger partial charge >= 0.3 is 6.18 Å². The lowest BCUT2D eigenvalue weighted by Gasteiger charge is -2.21. The largest absolute Gasteiger partial charge is 0.416 e. The van der Waals surface area contributed by atoms with Gasteiger partial charge in [0.25, 0.3) is 0 Å². The number of allylic oxidation sites excluding steroid dienone is 1. The van der Waals surface area contributed by atoms with Crippen molar-refractivity contribution in [3.05, 3.63) is 106 Å². The van der Waals surface area contributed by atoms with Gasteiger partial charge in [-0.1, -0.05) is 61.0 Å². The summed E-state index contributed by atoms with van der Waals surface area (Å²) in [6.45, 7) is 8.54. The van der Waals surface area contributed by atoms with Crippen LogP contribution < -0.4 is 0 Å². The number of rotatable bonds is 8. The Labute approximate surface area is 201 Å². The van der Waals surface area contributed by atoms with Crippen LogP contribution in [-0.2, 0) is 31.9 Å². The third kappa shape index (κ3) is 5.46. The van der Waals surface area contributed by atoms with Crippen LogP contribution in [0.1, 0.15) is 72.4 Å². The van der Waals surface area contributed by atoms with Crippen molar-refractivity contribution in [1.29, 1.82) is 0 Å². The maximum atomic E-state index is 12.8. The van der Waals surface area contributed by atoms with Crippen LogP contribution in [0.2, 0.25) is 0 Å². The molecule has 0 heterocycles. The van der Waals surface area contributed by atoms with E-state index in [4.69, 9.17) is 0 Å². The maximum absolute atomic E-state index is 12.8. The minimum Gasteiger partial charge on any atom is -0.166 e. The number of alkyl halides is 3. The molecular formula is C31H33F3. The topological polar surface area (TPSA) is 0 Å². The number of hydrogen-bond acceptors (Lipinski definition) is 0. The van der Waals surface area contributed by atoms with E-state index >= 15 is 0 Å². The van der Waals surface area contributed by atoms with Crippen LogP contribution in [0.15, 0.2) is 72.8 Å². The lowest BCUT2D eigenvalue weighted by atomic mass is 9.84. The first-order valence-electron chi connectivity index (χ1n) is 12.3. The molecule has 1 aliphatic carbocycles. The predicted octanol–water partition coefficient (Wildman–Crippen LogP) is 9.11. The van der Waals surface area contributed by atoms with Crippen LogP contribution in [0.3, 0.4) is 0 Å². The van der Waals surface area contributed by atoms with Crippen molar-refractivity contribution in [3.63, 3.8) is 0 Å². The minimum atomic E-state index is -4.30. The first-order chi connectivity index (χ1) is 16.3. The van der Waals surface area contributed by atoms with Gasteiger partial charge in [-0.15, -0.1) is 6.58 Å². The third-order valence-electron chi connectivity index (χ3n) is 7.13. The zero-order valence-corrected chi connectivity index (χ0v) is 20.1. The molecule has 1 unspecified atom stereocenters. The van der Waals surface area contributed by atoms with Crippen LogP contribution in [0, 0.1) is 0 Å². The van der Waals surface area contributed by atoms with E-state index in [1.807, 2.05) is 12.1 Å². The highest BCUT2D eigenvalue weighted by molar-refractivity contribution is 5.64. The molecule has 3 aromatic carbocycles. The average Bonchev–Trinajstić information content (AvgIpc) is 3.31. The lowest BCUT2D eigenvalue weighted by Crippen LogP contribution is -2.05. The Morgan fingerprint density at radius 3 is 2.06 bits per heavy atom. The SMILES string of the molecule is C=C(C)CC(CC)c1ccc(CCc2ccc(-c3ccc(C(F)(F)F)cc3)cc2)c2c1CCC2. The van der Waals surface area contributed by atoms with E-state index in [2.05, 4.69) is 44.7 Å². The molecule has 3 aromatic rings. The zero-order chi connectivity index (χ0) is 24.3. The second-order valence-corrected chi connectivity index (χ2v) is 9.66. The maximum Gasteiger partial charge on any atom is 0.416 e. The number of hydrogen-bond donors (Lipinski definition) is 0. The van der Waals surface area contributed by atoms with Gasteiger partial charge in [0.2, 0.25) is 0 Å². The molecule has 0 N–H and O–H groups in total. The van der Waals surface area contributed by atoms with E-state index < -0.39 is 11.7 Å². The van der Waals surface area contributed by atoms with Crippen LogP contribution in [0.4, 0.5) is 13.2 Å². The molecule has 1 aliphatic rings. The first-order valence-corrected chi connectivity index (χ1v) is 12.3.